The van der Waals surface area contributed by atoms with E-state index in [0.717, 1.165) is 37.4 Å². The van der Waals surface area contributed by atoms with E-state index in [-0.39, 0.29) is 5.91 Å². The maximum absolute atomic E-state index is 12.8. The SMILES string of the molecule is CC1CCN(C(=O)c2ccnc(Nc3ccccc3Oc3ccccc3)n2)CC1. The number of anilines is 2. The van der Waals surface area contributed by atoms with Crippen molar-refractivity contribution in [2.45, 2.75) is 19.8 Å². The molecule has 4 rings (SSSR count). The molecular weight excluding hydrogens is 364 g/mol. The summed E-state index contributed by atoms with van der Waals surface area (Å²) in [5, 5.41) is 3.18. The van der Waals surface area contributed by atoms with Gasteiger partial charge in [-0.3, -0.25) is 4.79 Å². The number of carbonyl (C=O) groups excluding carboxylic acids is 1. The normalized spacial score (nSPS) is 14.4. The van der Waals surface area contributed by atoms with E-state index in [1.165, 1.54) is 0 Å². The van der Waals surface area contributed by atoms with Crippen LogP contribution in [0.25, 0.3) is 0 Å². The third-order valence-corrected chi connectivity index (χ3v) is 5.05. The quantitative estimate of drug-likeness (QED) is 0.674. The molecule has 0 bridgehead atoms. The van der Waals surface area contributed by atoms with Crippen LogP contribution < -0.4 is 10.1 Å². The minimum absolute atomic E-state index is 0.0452. The van der Waals surface area contributed by atoms with Crippen LogP contribution in [0.5, 0.6) is 11.5 Å². The van der Waals surface area contributed by atoms with Crippen LogP contribution in [-0.4, -0.2) is 33.9 Å². The predicted octanol–water partition coefficient (Wildman–Crippen LogP) is 4.88. The summed E-state index contributed by atoms with van der Waals surface area (Å²) in [5.41, 5.74) is 1.13. The second-order valence-corrected chi connectivity index (χ2v) is 7.28. The Morgan fingerprint density at radius 3 is 2.55 bits per heavy atom. The molecule has 1 aliphatic rings. The molecule has 1 amide bonds. The highest BCUT2D eigenvalue weighted by molar-refractivity contribution is 5.92. The van der Waals surface area contributed by atoms with Gasteiger partial charge in [0.2, 0.25) is 5.95 Å². The molecule has 6 nitrogen and oxygen atoms in total. The van der Waals surface area contributed by atoms with Gasteiger partial charge in [0.1, 0.15) is 11.4 Å². The zero-order valence-corrected chi connectivity index (χ0v) is 16.4. The van der Waals surface area contributed by atoms with E-state index in [4.69, 9.17) is 4.74 Å². The minimum atomic E-state index is -0.0452. The topological polar surface area (TPSA) is 67.4 Å². The van der Waals surface area contributed by atoms with E-state index in [0.29, 0.717) is 23.3 Å². The van der Waals surface area contributed by atoms with Crippen molar-refractivity contribution in [1.82, 2.24) is 14.9 Å². The second-order valence-electron chi connectivity index (χ2n) is 7.28. The van der Waals surface area contributed by atoms with Gasteiger partial charge in [0, 0.05) is 19.3 Å². The van der Waals surface area contributed by atoms with E-state index in [1.54, 1.807) is 12.3 Å². The van der Waals surface area contributed by atoms with Crippen LogP contribution in [0.3, 0.4) is 0 Å². The summed E-state index contributed by atoms with van der Waals surface area (Å²) >= 11 is 0. The van der Waals surface area contributed by atoms with Gasteiger partial charge >= 0.3 is 0 Å². The minimum Gasteiger partial charge on any atom is -0.455 e. The van der Waals surface area contributed by atoms with Crippen molar-refractivity contribution >= 4 is 17.5 Å². The van der Waals surface area contributed by atoms with Crippen molar-refractivity contribution in [2.75, 3.05) is 18.4 Å². The molecule has 1 fully saturated rings. The summed E-state index contributed by atoms with van der Waals surface area (Å²) in [7, 11) is 0. The molecule has 1 aromatic heterocycles. The van der Waals surface area contributed by atoms with E-state index >= 15 is 0 Å². The van der Waals surface area contributed by atoms with Gasteiger partial charge in [-0.1, -0.05) is 37.3 Å². The lowest BCUT2D eigenvalue weighted by atomic mass is 9.99. The van der Waals surface area contributed by atoms with Crippen LogP contribution in [-0.2, 0) is 0 Å². The summed E-state index contributed by atoms with van der Waals surface area (Å²) in [6, 6.07) is 18.8. The number of aromatic nitrogens is 2. The Kier molecular flexibility index (Phi) is 5.70. The third kappa shape index (κ3) is 4.71. The zero-order valence-electron chi connectivity index (χ0n) is 16.4. The van der Waals surface area contributed by atoms with Gasteiger partial charge in [0.25, 0.3) is 5.91 Å². The average molecular weight is 388 g/mol. The van der Waals surface area contributed by atoms with Crippen LogP contribution >= 0.6 is 0 Å². The number of benzene rings is 2. The molecule has 29 heavy (non-hydrogen) atoms. The maximum atomic E-state index is 12.8. The average Bonchev–Trinajstić information content (AvgIpc) is 2.76. The Balaban J connectivity index is 1.51. The number of piperidine rings is 1. The first kappa shape index (κ1) is 18.9. The lowest BCUT2D eigenvalue weighted by Crippen LogP contribution is -2.38. The lowest BCUT2D eigenvalue weighted by molar-refractivity contribution is 0.0691. The highest BCUT2D eigenvalue weighted by atomic mass is 16.5. The van der Waals surface area contributed by atoms with Crippen LogP contribution in [0.4, 0.5) is 11.6 Å². The van der Waals surface area contributed by atoms with Crippen LogP contribution in [0.1, 0.15) is 30.3 Å². The van der Waals surface area contributed by atoms with Gasteiger partial charge in [0.15, 0.2) is 5.75 Å². The van der Waals surface area contributed by atoms with Crippen LogP contribution in [0.2, 0.25) is 0 Å². The van der Waals surface area contributed by atoms with Crippen molar-refractivity contribution < 1.29 is 9.53 Å². The molecule has 1 aliphatic heterocycles. The first-order valence-corrected chi connectivity index (χ1v) is 9.90. The fourth-order valence-electron chi connectivity index (χ4n) is 3.31. The number of carbonyl (C=O) groups is 1. The van der Waals surface area contributed by atoms with E-state index in [2.05, 4.69) is 22.2 Å². The standard InChI is InChI=1S/C23H24N4O2/c1-17-12-15-27(16-13-17)22(28)20-11-14-24-23(26-20)25-19-9-5-6-10-21(19)29-18-7-3-2-4-8-18/h2-11,14,17H,12-13,15-16H2,1H3,(H,24,25,26). The Bertz CT molecular complexity index is 969. The van der Waals surface area contributed by atoms with Crippen molar-refractivity contribution in [3.05, 3.63) is 72.6 Å². The third-order valence-electron chi connectivity index (χ3n) is 5.05. The van der Waals surface area contributed by atoms with Gasteiger partial charge in [-0.2, -0.15) is 0 Å². The van der Waals surface area contributed by atoms with Crippen molar-refractivity contribution in [3.63, 3.8) is 0 Å². The Morgan fingerprint density at radius 2 is 1.76 bits per heavy atom. The van der Waals surface area contributed by atoms with Gasteiger partial charge in [-0.05, 0) is 49.1 Å². The number of likely N-dealkylation sites (tertiary alicyclic amines) is 1. The van der Waals surface area contributed by atoms with Gasteiger partial charge < -0.3 is 15.0 Å². The molecule has 148 valence electrons. The summed E-state index contributed by atoms with van der Waals surface area (Å²) in [4.78, 5) is 23.4. The predicted molar refractivity (Wildman–Crippen MR) is 113 cm³/mol. The largest absolute Gasteiger partial charge is 0.455 e. The molecule has 0 aliphatic carbocycles. The highest BCUT2D eigenvalue weighted by Crippen LogP contribution is 2.30. The second kappa shape index (κ2) is 8.73. The molecule has 0 spiro atoms. The van der Waals surface area contributed by atoms with Gasteiger partial charge in [-0.25, -0.2) is 9.97 Å². The van der Waals surface area contributed by atoms with Crippen molar-refractivity contribution in [2.24, 2.45) is 5.92 Å². The summed E-state index contributed by atoms with van der Waals surface area (Å²) < 4.78 is 5.97. The van der Waals surface area contributed by atoms with E-state index in [1.807, 2.05) is 59.5 Å². The van der Waals surface area contributed by atoms with Gasteiger partial charge in [0.05, 0.1) is 5.69 Å². The van der Waals surface area contributed by atoms with E-state index in [9.17, 15) is 4.79 Å². The fraction of sp³-hybridized carbons (Fsp3) is 0.261. The number of ether oxygens (including phenoxy) is 1. The molecule has 0 saturated carbocycles. The molecule has 1 N–H and O–H groups in total. The highest BCUT2D eigenvalue weighted by Gasteiger charge is 2.22. The van der Waals surface area contributed by atoms with Crippen LogP contribution in [0.15, 0.2) is 66.9 Å². The number of para-hydroxylation sites is 3. The molecule has 0 unspecified atom stereocenters. The maximum Gasteiger partial charge on any atom is 0.272 e. The van der Waals surface area contributed by atoms with E-state index < -0.39 is 0 Å². The van der Waals surface area contributed by atoms with Crippen molar-refractivity contribution in [3.8, 4) is 11.5 Å². The molecule has 0 atom stereocenters. The Morgan fingerprint density at radius 1 is 1.03 bits per heavy atom. The summed E-state index contributed by atoms with van der Waals surface area (Å²) in [6.45, 7) is 3.78. The molecule has 2 heterocycles. The number of hydrogen-bond acceptors (Lipinski definition) is 5. The number of nitrogens with one attached hydrogen (secondary N) is 1. The summed E-state index contributed by atoms with van der Waals surface area (Å²) in [5.74, 6) is 2.39. The molecule has 1 saturated heterocycles. The number of nitrogens with zero attached hydrogens (tertiary/aromatic N) is 3. The summed E-state index contributed by atoms with van der Waals surface area (Å²) in [6.07, 6.45) is 3.67. The monoisotopic (exact) mass is 388 g/mol. The van der Waals surface area contributed by atoms with Gasteiger partial charge in [-0.15, -0.1) is 0 Å². The molecular formula is C23H24N4O2. The number of rotatable bonds is 5. The fourth-order valence-corrected chi connectivity index (χ4v) is 3.31. The number of hydrogen-bond donors (Lipinski definition) is 1. The number of amides is 1. The Hall–Kier alpha value is -3.41. The van der Waals surface area contributed by atoms with Crippen molar-refractivity contribution in [1.29, 1.82) is 0 Å². The first-order chi connectivity index (χ1) is 14.2. The molecule has 3 aromatic rings. The van der Waals surface area contributed by atoms with Crippen LogP contribution in [0, 0.1) is 5.92 Å². The smallest absolute Gasteiger partial charge is 0.272 e. The zero-order chi connectivity index (χ0) is 20.1. The molecule has 2 aromatic carbocycles. The first-order valence-electron chi connectivity index (χ1n) is 9.90. The lowest BCUT2D eigenvalue weighted by Gasteiger charge is -2.30. The molecule has 6 heteroatoms. The molecule has 0 radical (unpaired) electrons. The Labute approximate surface area is 170 Å².